The van der Waals surface area contributed by atoms with Crippen molar-refractivity contribution in [3.63, 3.8) is 0 Å². The molecule has 1 fully saturated rings. The molecule has 3 rings (SSSR count). The van der Waals surface area contributed by atoms with Crippen molar-refractivity contribution in [3.05, 3.63) is 54.9 Å². The number of amides is 1. The third-order valence-electron chi connectivity index (χ3n) is 4.33. The Morgan fingerprint density at radius 2 is 1.61 bits per heavy atom. The van der Waals surface area contributed by atoms with E-state index < -0.39 is 20.5 Å². The number of nitrogens with zero attached hydrogens (tertiary/aromatic N) is 1. The Hall–Kier alpha value is -2.21. The molecule has 1 amide bonds. The van der Waals surface area contributed by atoms with Gasteiger partial charge in [0.15, 0.2) is 14.6 Å². The fourth-order valence-corrected chi connectivity index (χ4v) is 5.16. The van der Waals surface area contributed by atoms with E-state index in [1.165, 1.54) is 0 Å². The first-order chi connectivity index (χ1) is 11.1. The highest BCUT2D eigenvalue weighted by atomic mass is 32.2. The number of carbonyl (C=O) groups is 1. The number of pyridine rings is 1. The average Bonchev–Trinajstić information content (AvgIpc) is 3.08. The molecule has 6 heteroatoms. The van der Waals surface area contributed by atoms with E-state index >= 15 is 0 Å². The Kier molecular flexibility index (Phi) is 4.17. The van der Waals surface area contributed by atoms with Gasteiger partial charge in [-0.1, -0.05) is 31.0 Å². The van der Waals surface area contributed by atoms with Crippen molar-refractivity contribution in [2.45, 2.75) is 35.3 Å². The van der Waals surface area contributed by atoms with Gasteiger partial charge in [0.25, 0.3) is 0 Å². The lowest BCUT2D eigenvalue weighted by Crippen LogP contribution is -2.47. The van der Waals surface area contributed by atoms with Crippen LogP contribution in [0.4, 0.5) is 5.69 Å². The maximum absolute atomic E-state index is 13.1. The number of sulfone groups is 1. The van der Waals surface area contributed by atoms with E-state index in [1.807, 2.05) is 0 Å². The molecule has 1 saturated carbocycles. The molecule has 0 saturated heterocycles. The predicted octanol–water partition coefficient (Wildman–Crippen LogP) is 2.81. The van der Waals surface area contributed by atoms with E-state index in [0.717, 1.165) is 12.8 Å². The van der Waals surface area contributed by atoms with Crippen LogP contribution in [0.5, 0.6) is 0 Å². The van der Waals surface area contributed by atoms with Crippen LogP contribution in [-0.2, 0) is 14.6 Å². The first-order valence-electron chi connectivity index (χ1n) is 7.57. The summed E-state index contributed by atoms with van der Waals surface area (Å²) in [6.45, 7) is 0. The molecule has 0 unspecified atom stereocenters. The monoisotopic (exact) mass is 330 g/mol. The zero-order valence-electron chi connectivity index (χ0n) is 12.6. The molecular formula is C17H18N2O3S. The van der Waals surface area contributed by atoms with Crippen molar-refractivity contribution >= 4 is 21.4 Å². The van der Waals surface area contributed by atoms with Gasteiger partial charge in [0.05, 0.1) is 4.90 Å². The Morgan fingerprint density at radius 1 is 1.00 bits per heavy atom. The van der Waals surface area contributed by atoms with Gasteiger partial charge < -0.3 is 5.32 Å². The van der Waals surface area contributed by atoms with Crippen molar-refractivity contribution in [2.24, 2.45) is 0 Å². The molecule has 1 N–H and O–H groups in total. The van der Waals surface area contributed by atoms with E-state index in [2.05, 4.69) is 10.3 Å². The molecule has 120 valence electrons. The number of benzene rings is 1. The molecule has 2 aromatic rings. The molecule has 0 atom stereocenters. The van der Waals surface area contributed by atoms with Gasteiger partial charge in [-0.25, -0.2) is 8.42 Å². The quantitative estimate of drug-likeness (QED) is 0.935. The molecule has 1 aliphatic carbocycles. The smallest absolute Gasteiger partial charge is 0.246 e. The van der Waals surface area contributed by atoms with E-state index in [1.54, 1.807) is 54.9 Å². The number of rotatable bonds is 4. The van der Waals surface area contributed by atoms with Crippen molar-refractivity contribution in [2.75, 3.05) is 5.32 Å². The molecule has 1 aliphatic rings. The molecule has 1 aromatic heterocycles. The van der Waals surface area contributed by atoms with Gasteiger partial charge in [-0.05, 0) is 37.1 Å². The highest BCUT2D eigenvalue weighted by Gasteiger charge is 2.52. The van der Waals surface area contributed by atoms with Crippen LogP contribution >= 0.6 is 0 Å². The summed E-state index contributed by atoms with van der Waals surface area (Å²) < 4.78 is 24.8. The molecule has 0 spiro atoms. The summed E-state index contributed by atoms with van der Waals surface area (Å²) in [6.07, 6.45) is 5.28. The van der Waals surface area contributed by atoms with Gasteiger partial charge in [-0.2, -0.15) is 0 Å². The maximum atomic E-state index is 13.1. The molecular weight excluding hydrogens is 312 g/mol. The maximum Gasteiger partial charge on any atom is 0.246 e. The predicted molar refractivity (Wildman–Crippen MR) is 87.7 cm³/mol. The van der Waals surface area contributed by atoms with Crippen LogP contribution in [0.25, 0.3) is 0 Å². The fourth-order valence-electron chi connectivity index (χ4n) is 3.07. The summed E-state index contributed by atoms with van der Waals surface area (Å²) in [4.78, 5) is 16.9. The minimum Gasteiger partial charge on any atom is -0.325 e. The minimum absolute atomic E-state index is 0.201. The number of aromatic nitrogens is 1. The number of nitrogens with one attached hydrogen (secondary N) is 1. The summed E-state index contributed by atoms with van der Waals surface area (Å²) in [5, 5.41) is 2.74. The van der Waals surface area contributed by atoms with Gasteiger partial charge in [0.1, 0.15) is 0 Å². The van der Waals surface area contributed by atoms with Crippen LogP contribution in [0.2, 0.25) is 0 Å². The van der Waals surface area contributed by atoms with Crippen LogP contribution in [0.3, 0.4) is 0 Å². The van der Waals surface area contributed by atoms with Gasteiger partial charge in [-0.15, -0.1) is 0 Å². The fraction of sp³-hybridized carbons (Fsp3) is 0.294. The Labute approximate surface area is 135 Å². The van der Waals surface area contributed by atoms with Gasteiger partial charge >= 0.3 is 0 Å². The molecule has 0 bridgehead atoms. The van der Waals surface area contributed by atoms with Crippen LogP contribution in [0, 0.1) is 0 Å². The van der Waals surface area contributed by atoms with Crippen molar-refractivity contribution in [3.8, 4) is 0 Å². The normalized spacial score (nSPS) is 16.9. The summed E-state index contributed by atoms with van der Waals surface area (Å²) >= 11 is 0. The van der Waals surface area contributed by atoms with E-state index in [9.17, 15) is 13.2 Å². The number of anilines is 1. The summed E-state index contributed by atoms with van der Waals surface area (Å²) in [5.41, 5.74) is 0.555. The van der Waals surface area contributed by atoms with Crippen molar-refractivity contribution in [1.82, 2.24) is 4.98 Å². The lowest BCUT2D eigenvalue weighted by Gasteiger charge is -2.27. The first kappa shape index (κ1) is 15.7. The van der Waals surface area contributed by atoms with Crippen molar-refractivity contribution in [1.29, 1.82) is 0 Å². The second-order valence-electron chi connectivity index (χ2n) is 5.71. The Morgan fingerprint density at radius 3 is 2.22 bits per heavy atom. The molecule has 1 heterocycles. The second kappa shape index (κ2) is 6.12. The third kappa shape index (κ3) is 2.74. The lowest BCUT2D eigenvalue weighted by molar-refractivity contribution is -0.118. The van der Waals surface area contributed by atoms with Crippen LogP contribution in [-0.4, -0.2) is 24.1 Å². The van der Waals surface area contributed by atoms with E-state index in [-0.39, 0.29) is 4.90 Å². The van der Waals surface area contributed by atoms with Crippen molar-refractivity contribution < 1.29 is 13.2 Å². The molecule has 23 heavy (non-hydrogen) atoms. The lowest BCUT2D eigenvalue weighted by atomic mass is 10.1. The Bertz CT molecular complexity index is 783. The summed E-state index contributed by atoms with van der Waals surface area (Å²) in [7, 11) is -3.75. The van der Waals surface area contributed by atoms with Crippen LogP contribution in [0.1, 0.15) is 25.7 Å². The molecule has 0 aliphatic heterocycles. The average molecular weight is 330 g/mol. The SMILES string of the molecule is O=C(Nc1ccncc1)C1(S(=O)(=O)c2ccccc2)CCCC1. The topological polar surface area (TPSA) is 76.1 Å². The molecule has 5 nitrogen and oxygen atoms in total. The second-order valence-corrected chi connectivity index (χ2v) is 7.97. The summed E-state index contributed by atoms with van der Waals surface area (Å²) in [5.74, 6) is -0.454. The summed E-state index contributed by atoms with van der Waals surface area (Å²) in [6, 6.07) is 11.5. The van der Waals surface area contributed by atoms with Crippen LogP contribution in [0.15, 0.2) is 59.8 Å². The number of carbonyl (C=O) groups excluding carboxylic acids is 1. The standard InChI is InChI=1S/C17H18N2O3S/c20-16(19-14-8-12-18-13-9-14)17(10-4-5-11-17)23(21,22)15-6-2-1-3-7-15/h1-3,6-9,12-13H,4-5,10-11H2,(H,18,19,20). The highest BCUT2D eigenvalue weighted by Crippen LogP contribution is 2.41. The largest absolute Gasteiger partial charge is 0.325 e. The highest BCUT2D eigenvalue weighted by molar-refractivity contribution is 7.93. The van der Waals surface area contributed by atoms with E-state index in [0.29, 0.717) is 18.5 Å². The molecule has 1 aromatic carbocycles. The van der Waals surface area contributed by atoms with Crippen LogP contribution < -0.4 is 5.32 Å². The van der Waals surface area contributed by atoms with Gasteiger partial charge in [0, 0.05) is 18.1 Å². The zero-order valence-corrected chi connectivity index (χ0v) is 13.4. The number of hydrogen-bond donors (Lipinski definition) is 1. The Balaban J connectivity index is 1.98. The van der Waals surface area contributed by atoms with Gasteiger partial charge in [-0.3, -0.25) is 9.78 Å². The molecule has 0 radical (unpaired) electrons. The number of hydrogen-bond acceptors (Lipinski definition) is 4. The first-order valence-corrected chi connectivity index (χ1v) is 9.06. The van der Waals surface area contributed by atoms with E-state index in [4.69, 9.17) is 0 Å². The minimum atomic E-state index is -3.75. The zero-order chi connectivity index (χ0) is 16.3. The third-order valence-corrected chi connectivity index (χ3v) is 6.85. The van der Waals surface area contributed by atoms with Gasteiger partial charge in [0.2, 0.25) is 5.91 Å².